The molecule has 0 amide bonds. The molecule has 2 rings (SSSR count). The molecule has 0 aromatic carbocycles. The molecule has 4 heteroatoms. The third kappa shape index (κ3) is 1.92. The highest BCUT2D eigenvalue weighted by Gasteiger charge is 2.13. The van der Waals surface area contributed by atoms with Crippen LogP contribution in [0.3, 0.4) is 0 Å². The fourth-order valence-electron chi connectivity index (χ4n) is 1.95. The Morgan fingerprint density at radius 3 is 2.35 bits per heavy atom. The van der Waals surface area contributed by atoms with Crippen LogP contribution >= 0.6 is 0 Å². The highest BCUT2D eigenvalue weighted by Crippen LogP contribution is 2.18. The van der Waals surface area contributed by atoms with Crippen LogP contribution in [0.15, 0.2) is 12.1 Å². The zero-order chi connectivity index (χ0) is 12.6. The van der Waals surface area contributed by atoms with Crippen molar-refractivity contribution in [3.05, 3.63) is 40.3 Å². The van der Waals surface area contributed by atoms with Gasteiger partial charge in [0.15, 0.2) is 5.82 Å². The van der Waals surface area contributed by atoms with Crippen molar-refractivity contribution in [1.29, 1.82) is 5.26 Å². The van der Waals surface area contributed by atoms with Crippen LogP contribution in [0.4, 0.5) is 0 Å². The molecule has 0 saturated carbocycles. The van der Waals surface area contributed by atoms with E-state index in [9.17, 15) is 5.26 Å². The lowest BCUT2D eigenvalue weighted by Gasteiger charge is -2.09. The smallest absolute Gasteiger partial charge is 0.172 e. The van der Waals surface area contributed by atoms with Crippen LogP contribution in [0.2, 0.25) is 0 Å². The second kappa shape index (κ2) is 4.02. The molecule has 0 spiro atoms. The van der Waals surface area contributed by atoms with E-state index in [1.165, 1.54) is 0 Å². The van der Waals surface area contributed by atoms with Gasteiger partial charge in [0.2, 0.25) is 0 Å². The molecule has 86 valence electrons. The minimum atomic E-state index is 0.585. The van der Waals surface area contributed by atoms with Crippen LogP contribution in [-0.4, -0.2) is 14.8 Å². The topological polar surface area (TPSA) is 54.5 Å². The van der Waals surface area contributed by atoms with Gasteiger partial charge in [-0.15, -0.1) is 0 Å². The molecule has 0 aliphatic rings. The van der Waals surface area contributed by atoms with Gasteiger partial charge >= 0.3 is 0 Å². The van der Waals surface area contributed by atoms with Crippen LogP contribution in [-0.2, 0) is 0 Å². The molecule has 0 unspecified atom stereocenters. The number of rotatable bonds is 1. The average Bonchev–Trinajstić information content (AvgIpc) is 2.56. The Hall–Kier alpha value is -2.15. The van der Waals surface area contributed by atoms with Crippen molar-refractivity contribution in [2.75, 3.05) is 0 Å². The number of hydrogen-bond donors (Lipinski definition) is 0. The first-order chi connectivity index (χ1) is 8.02. The Bertz CT molecular complexity index is 617. The molecule has 0 fully saturated rings. The van der Waals surface area contributed by atoms with Gasteiger partial charge < -0.3 is 0 Å². The summed E-state index contributed by atoms with van der Waals surface area (Å²) in [6.45, 7) is 7.73. The van der Waals surface area contributed by atoms with Gasteiger partial charge in [0, 0.05) is 11.4 Å². The normalized spacial score (nSPS) is 10.3. The van der Waals surface area contributed by atoms with Crippen molar-refractivity contribution in [3.8, 4) is 11.9 Å². The molecule has 17 heavy (non-hydrogen) atoms. The molecule has 0 radical (unpaired) electrons. The summed E-state index contributed by atoms with van der Waals surface area (Å²) in [6, 6.07) is 6.09. The molecule has 0 aliphatic heterocycles. The van der Waals surface area contributed by atoms with E-state index in [0.717, 1.165) is 22.6 Å². The van der Waals surface area contributed by atoms with E-state index in [0.29, 0.717) is 11.4 Å². The highest BCUT2D eigenvalue weighted by molar-refractivity contribution is 5.49. The average molecular weight is 226 g/mol. The molecule has 2 heterocycles. The van der Waals surface area contributed by atoms with Crippen molar-refractivity contribution >= 4 is 0 Å². The SMILES string of the molecule is Cc1cc(C)c(C#N)c(-n2nc(C)cc2C)n1. The summed E-state index contributed by atoms with van der Waals surface area (Å²) in [5.74, 6) is 0.621. The number of hydrogen-bond acceptors (Lipinski definition) is 3. The maximum atomic E-state index is 9.22. The van der Waals surface area contributed by atoms with Crippen molar-refractivity contribution in [2.45, 2.75) is 27.7 Å². The fraction of sp³-hybridized carbons (Fsp3) is 0.308. The highest BCUT2D eigenvalue weighted by atomic mass is 15.3. The van der Waals surface area contributed by atoms with Gasteiger partial charge in [0.25, 0.3) is 0 Å². The van der Waals surface area contributed by atoms with Crippen LogP contribution in [0.1, 0.15) is 28.2 Å². The third-order valence-corrected chi connectivity index (χ3v) is 2.65. The van der Waals surface area contributed by atoms with E-state index >= 15 is 0 Å². The zero-order valence-electron chi connectivity index (χ0n) is 10.4. The Labute approximate surface area is 101 Å². The van der Waals surface area contributed by atoms with Crippen molar-refractivity contribution < 1.29 is 0 Å². The summed E-state index contributed by atoms with van der Waals surface area (Å²) in [7, 11) is 0. The molecule has 0 saturated heterocycles. The second-order valence-electron chi connectivity index (χ2n) is 4.23. The lowest BCUT2D eigenvalue weighted by molar-refractivity contribution is 0.796. The molecule has 0 bridgehead atoms. The lowest BCUT2D eigenvalue weighted by Crippen LogP contribution is -2.07. The minimum Gasteiger partial charge on any atom is -0.233 e. The molecule has 0 N–H and O–H groups in total. The van der Waals surface area contributed by atoms with E-state index in [-0.39, 0.29) is 0 Å². The summed E-state index contributed by atoms with van der Waals surface area (Å²) >= 11 is 0. The zero-order valence-corrected chi connectivity index (χ0v) is 10.4. The van der Waals surface area contributed by atoms with E-state index in [4.69, 9.17) is 0 Å². The van der Waals surface area contributed by atoms with Crippen molar-refractivity contribution in [3.63, 3.8) is 0 Å². The van der Waals surface area contributed by atoms with Gasteiger partial charge in [0.1, 0.15) is 6.07 Å². The monoisotopic (exact) mass is 226 g/mol. The standard InChI is InChI=1S/C13H14N4/c1-8-5-9(2)15-13(12(8)7-14)17-11(4)6-10(3)16-17/h5-6H,1-4H3. The summed E-state index contributed by atoms with van der Waals surface area (Å²) < 4.78 is 1.73. The number of nitriles is 1. The van der Waals surface area contributed by atoms with Crippen LogP contribution < -0.4 is 0 Å². The first-order valence-corrected chi connectivity index (χ1v) is 5.45. The number of nitrogens with zero attached hydrogens (tertiary/aromatic N) is 4. The Morgan fingerprint density at radius 1 is 1.12 bits per heavy atom. The van der Waals surface area contributed by atoms with Gasteiger partial charge in [-0.25, -0.2) is 9.67 Å². The molecular weight excluding hydrogens is 212 g/mol. The van der Waals surface area contributed by atoms with Gasteiger partial charge in [-0.2, -0.15) is 10.4 Å². The first-order valence-electron chi connectivity index (χ1n) is 5.45. The summed E-state index contributed by atoms with van der Waals surface area (Å²) in [6.07, 6.45) is 0. The van der Waals surface area contributed by atoms with E-state index in [1.807, 2.05) is 39.8 Å². The summed E-state index contributed by atoms with van der Waals surface area (Å²) in [5, 5.41) is 13.6. The van der Waals surface area contributed by atoms with Crippen LogP contribution in [0, 0.1) is 39.0 Å². The maximum Gasteiger partial charge on any atom is 0.172 e. The maximum absolute atomic E-state index is 9.22. The summed E-state index contributed by atoms with van der Waals surface area (Å²) in [4.78, 5) is 4.43. The van der Waals surface area contributed by atoms with E-state index in [2.05, 4.69) is 16.2 Å². The van der Waals surface area contributed by atoms with E-state index < -0.39 is 0 Å². The largest absolute Gasteiger partial charge is 0.233 e. The predicted molar refractivity (Wildman–Crippen MR) is 65.0 cm³/mol. The molecule has 0 aliphatic carbocycles. The summed E-state index contributed by atoms with van der Waals surface area (Å²) in [5.41, 5.74) is 4.32. The number of aromatic nitrogens is 3. The molecule has 4 nitrogen and oxygen atoms in total. The van der Waals surface area contributed by atoms with Gasteiger partial charge in [-0.3, -0.25) is 0 Å². The van der Waals surface area contributed by atoms with Crippen molar-refractivity contribution in [2.24, 2.45) is 0 Å². The van der Waals surface area contributed by atoms with E-state index in [1.54, 1.807) is 4.68 Å². The molecule has 2 aromatic heterocycles. The Balaban J connectivity index is 2.75. The first kappa shape index (κ1) is 11.3. The van der Waals surface area contributed by atoms with Gasteiger partial charge in [0.05, 0.1) is 11.3 Å². The Morgan fingerprint density at radius 2 is 1.82 bits per heavy atom. The van der Waals surface area contributed by atoms with Crippen LogP contribution in [0.5, 0.6) is 0 Å². The van der Waals surface area contributed by atoms with Gasteiger partial charge in [-0.05, 0) is 45.4 Å². The fourth-order valence-corrected chi connectivity index (χ4v) is 1.95. The minimum absolute atomic E-state index is 0.585. The quantitative estimate of drug-likeness (QED) is 0.750. The number of aryl methyl sites for hydroxylation is 4. The second-order valence-corrected chi connectivity index (χ2v) is 4.23. The molecule has 0 atom stereocenters. The third-order valence-electron chi connectivity index (χ3n) is 2.65. The number of pyridine rings is 1. The predicted octanol–water partition coefficient (Wildman–Crippen LogP) is 2.37. The molecular formula is C13H14N4. The Kier molecular flexibility index (Phi) is 2.68. The van der Waals surface area contributed by atoms with Crippen molar-refractivity contribution in [1.82, 2.24) is 14.8 Å². The lowest BCUT2D eigenvalue weighted by atomic mass is 10.1. The molecule has 2 aromatic rings. The van der Waals surface area contributed by atoms with Crippen LogP contribution in [0.25, 0.3) is 5.82 Å². The van der Waals surface area contributed by atoms with Gasteiger partial charge in [-0.1, -0.05) is 0 Å².